The Morgan fingerprint density at radius 2 is 1.72 bits per heavy atom. The van der Waals surface area contributed by atoms with Gasteiger partial charge in [-0.05, 0) is 47.6 Å². The van der Waals surface area contributed by atoms with Crippen LogP contribution in [0.1, 0.15) is 57.1 Å². The first kappa shape index (κ1) is 22.1. The quantitative estimate of drug-likeness (QED) is 0.631. The lowest BCUT2D eigenvalue weighted by Gasteiger charge is -2.43. The molecule has 0 aromatic heterocycles. The Morgan fingerprint density at radius 1 is 1.00 bits per heavy atom. The summed E-state index contributed by atoms with van der Waals surface area (Å²) in [6.07, 6.45) is 2.23. The fourth-order valence-electron chi connectivity index (χ4n) is 5.08. The van der Waals surface area contributed by atoms with E-state index in [1.54, 1.807) is 14.2 Å². The molecule has 1 amide bonds. The summed E-state index contributed by atoms with van der Waals surface area (Å²) in [7, 11) is 3.19. The van der Waals surface area contributed by atoms with Crippen molar-refractivity contribution in [2.45, 2.75) is 52.4 Å². The molecule has 168 valence electrons. The first-order valence-corrected chi connectivity index (χ1v) is 11.2. The number of benzene rings is 2. The lowest BCUT2D eigenvalue weighted by atomic mass is 9.69. The maximum absolute atomic E-state index is 13.6. The number of Topliss-reactive ketones (excluding diaryl/α,β-unsaturated/α-hetero) is 1. The molecule has 1 heterocycles. The average Bonchev–Trinajstić information content (AvgIpc) is 2.77. The molecule has 1 unspecified atom stereocenters. The third-order valence-electron chi connectivity index (χ3n) is 6.57. The fraction of sp³-hybridized carbons (Fsp3) is 0.407. The maximum atomic E-state index is 13.6. The number of aryl methyl sites for hydroxylation is 1. The van der Waals surface area contributed by atoms with E-state index in [0.717, 1.165) is 34.5 Å². The van der Waals surface area contributed by atoms with Crippen LogP contribution in [-0.2, 0) is 16.0 Å². The van der Waals surface area contributed by atoms with E-state index in [1.807, 2.05) is 41.3 Å². The van der Waals surface area contributed by atoms with Gasteiger partial charge in [-0.3, -0.25) is 14.5 Å². The van der Waals surface area contributed by atoms with E-state index in [-0.39, 0.29) is 29.4 Å². The van der Waals surface area contributed by atoms with E-state index in [9.17, 15) is 9.59 Å². The first-order chi connectivity index (χ1) is 15.3. The molecule has 1 atom stereocenters. The number of methoxy groups -OCH3 is 2. The highest BCUT2D eigenvalue weighted by Crippen LogP contribution is 2.49. The van der Waals surface area contributed by atoms with Gasteiger partial charge in [0, 0.05) is 30.0 Å². The Balaban J connectivity index is 1.91. The Kier molecular flexibility index (Phi) is 5.85. The molecule has 5 nitrogen and oxygen atoms in total. The summed E-state index contributed by atoms with van der Waals surface area (Å²) in [4.78, 5) is 28.9. The smallest absolute Gasteiger partial charge is 0.232 e. The van der Waals surface area contributed by atoms with Gasteiger partial charge < -0.3 is 9.47 Å². The minimum absolute atomic E-state index is 0.0231. The molecule has 0 radical (unpaired) electrons. The lowest BCUT2D eigenvalue weighted by molar-refractivity contribution is -0.121. The van der Waals surface area contributed by atoms with Crippen molar-refractivity contribution >= 4 is 17.4 Å². The third-order valence-corrected chi connectivity index (χ3v) is 6.57. The van der Waals surface area contributed by atoms with E-state index < -0.39 is 0 Å². The Morgan fingerprint density at radius 3 is 2.41 bits per heavy atom. The third kappa shape index (κ3) is 3.81. The highest BCUT2D eigenvalue weighted by Gasteiger charge is 2.44. The summed E-state index contributed by atoms with van der Waals surface area (Å²) >= 11 is 0. The summed E-state index contributed by atoms with van der Waals surface area (Å²) < 4.78 is 10.9. The SMILES string of the molecule is CCc1ccccc1N1C(=O)CC(c2ccc(OC)c(OC)c2)C2=C1CC(C)(C)CC2=O. The molecular formula is C27H31NO4. The van der Waals surface area contributed by atoms with E-state index in [0.29, 0.717) is 24.3 Å². The molecule has 2 aromatic rings. The summed E-state index contributed by atoms with van der Waals surface area (Å²) in [6.45, 7) is 6.29. The molecule has 0 bridgehead atoms. The van der Waals surface area contributed by atoms with Crippen molar-refractivity contribution < 1.29 is 19.1 Å². The standard InChI is InChI=1S/C27H31NO4/c1-6-17-9-7-8-10-20(17)28-21-15-27(2,3)16-22(29)26(21)19(14-25(28)30)18-11-12-23(31-4)24(13-18)32-5/h7-13,19H,6,14-16H2,1-5H3. The van der Waals surface area contributed by atoms with Gasteiger partial charge in [-0.1, -0.05) is 45.0 Å². The van der Waals surface area contributed by atoms with Gasteiger partial charge in [0.05, 0.1) is 19.9 Å². The molecule has 0 saturated carbocycles. The van der Waals surface area contributed by atoms with Crippen LogP contribution in [0, 0.1) is 5.41 Å². The number of carbonyl (C=O) groups is 2. The Labute approximate surface area is 190 Å². The molecule has 2 aromatic carbocycles. The molecule has 32 heavy (non-hydrogen) atoms. The zero-order chi connectivity index (χ0) is 23.0. The fourth-order valence-corrected chi connectivity index (χ4v) is 5.08. The second kappa shape index (κ2) is 8.45. The van der Waals surface area contributed by atoms with E-state index >= 15 is 0 Å². The number of ketones is 1. The Hall–Kier alpha value is -3.08. The van der Waals surface area contributed by atoms with Crippen molar-refractivity contribution in [3.8, 4) is 11.5 Å². The van der Waals surface area contributed by atoms with Crippen LogP contribution < -0.4 is 14.4 Å². The van der Waals surface area contributed by atoms with Crippen molar-refractivity contribution in [1.82, 2.24) is 0 Å². The topological polar surface area (TPSA) is 55.8 Å². The highest BCUT2D eigenvalue weighted by molar-refractivity contribution is 6.08. The zero-order valence-corrected chi connectivity index (χ0v) is 19.5. The van der Waals surface area contributed by atoms with Crippen LogP contribution in [0.25, 0.3) is 0 Å². The van der Waals surface area contributed by atoms with Crippen molar-refractivity contribution in [1.29, 1.82) is 0 Å². The molecule has 2 aliphatic rings. The monoisotopic (exact) mass is 433 g/mol. The molecule has 4 rings (SSSR count). The predicted octanol–water partition coefficient (Wildman–Crippen LogP) is 5.43. The van der Waals surface area contributed by atoms with Crippen LogP contribution in [0.4, 0.5) is 5.69 Å². The van der Waals surface area contributed by atoms with Crippen LogP contribution >= 0.6 is 0 Å². The summed E-state index contributed by atoms with van der Waals surface area (Å²) in [5, 5.41) is 0. The average molecular weight is 434 g/mol. The molecule has 0 fully saturated rings. The minimum Gasteiger partial charge on any atom is -0.493 e. The van der Waals surface area contributed by atoms with Crippen LogP contribution in [-0.4, -0.2) is 25.9 Å². The number of carbonyl (C=O) groups excluding carboxylic acids is 2. The molecular weight excluding hydrogens is 402 g/mol. The van der Waals surface area contributed by atoms with Crippen molar-refractivity contribution in [3.63, 3.8) is 0 Å². The summed E-state index contributed by atoms with van der Waals surface area (Å²) in [5.41, 5.74) is 4.32. The molecule has 1 aliphatic heterocycles. The zero-order valence-electron chi connectivity index (χ0n) is 19.5. The lowest BCUT2D eigenvalue weighted by Crippen LogP contribution is -2.44. The highest BCUT2D eigenvalue weighted by atomic mass is 16.5. The van der Waals surface area contributed by atoms with Crippen molar-refractivity contribution in [2.75, 3.05) is 19.1 Å². The Bertz CT molecular complexity index is 1100. The van der Waals surface area contributed by atoms with E-state index in [1.165, 1.54) is 0 Å². The van der Waals surface area contributed by atoms with Gasteiger partial charge >= 0.3 is 0 Å². The summed E-state index contributed by atoms with van der Waals surface area (Å²) in [6, 6.07) is 13.7. The van der Waals surface area contributed by atoms with Crippen LogP contribution in [0.2, 0.25) is 0 Å². The number of amides is 1. The van der Waals surface area contributed by atoms with Crippen molar-refractivity contribution in [2.24, 2.45) is 5.41 Å². The molecule has 5 heteroatoms. The maximum Gasteiger partial charge on any atom is 0.232 e. The number of ether oxygens (including phenoxy) is 2. The second-order valence-corrected chi connectivity index (χ2v) is 9.38. The largest absolute Gasteiger partial charge is 0.493 e. The number of anilines is 1. The molecule has 0 spiro atoms. The first-order valence-electron chi connectivity index (χ1n) is 11.2. The second-order valence-electron chi connectivity index (χ2n) is 9.38. The van der Waals surface area contributed by atoms with Crippen LogP contribution in [0.3, 0.4) is 0 Å². The number of para-hydroxylation sites is 1. The summed E-state index contributed by atoms with van der Waals surface area (Å²) in [5.74, 6) is 1.09. The number of hydrogen-bond acceptors (Lipinski definition) is 4. The number of rotatable bonds is 5. The van der Waals surface area contributed by atoms with E-state index in [2.05, 4.69) is 26.8 Å². The van der Waals surface area contributed by atoms with E-state index in [4.69, 9.17) is 9.47 Å². The van der Waals surface area contributed by atoms with Crippen LogP contribution in [0.5, 0.6) is 11.5 Å². The number of allylic oxidation sites excluding steroid dienone is 2. The van der Waals surface area contributed by atoms with Crippen molar-refractivity contribution in [3.05, 3.63) is 64.9 Å². The molecule has 1 aliphatic carbocycles. The van der Waals surface area contributed by atoms with Gasteiger partial charge in [-0.15, -0.1) is 0 Å². The number of hydrogen-bond donors (Lipinski definition) is 0. The predicted molar refractivity (Wildman–Crippen MR) is 125 cm³/mol. The van der Waals surface area contributed by atoms with Gasteiger partial charge in [-0.2, -0.15) is 0 Å². The van der Waals surface area contributed by atoms with Gasteiger partial charge in [0.1, 0.15) is 0 Å². The van der Waals surface area contributed by atoms with Gasteiger partial charge in [0.25, 0.3) is 0 Å². The molecule has 0 saturated heterocycles. The normalized spacial score (nSPS) is 20.3. The molecule has 0 N–H and O–H groups in total. The van der Waals surface area contributed by atoms with Crippen LogP contribution in [0.15, 0.2) is 53.7 Å². The van der Waals surface area contributed by atoms with Gasteiger partial charge in [0.2, 0.25) is 5.91 Å². The van der Waals surface area contributed by atoms with Gasteiger partial charge in [0.15, 0.2) is 17.3 Å². The van der Waals surface area contributed by atoms with Gasteiger partial charge in [-0.25, -0.2) is 0 Å². The number of nitrogens with zero attached hydrogens (tertiary/aromatic N) is 1. The minimum atomic E-state index is -0.286.